The van der Waals surface area contributed by atoms with Crippen LogP contribution in [0.15, 0.2) is 11.1 Å². The monoisotopic (exact) mass is 235 g/mol. The Morgan fingerprint density at radius 1 is 1.41 bits per heavy atom. The fraction of sp³-hybridized carbons (Fsp3) is 0.714. The molecule has 0 fully saturated rings. The van der Waals surface area contributed by atoms with Gasteiger partial charge in [0, 0.05) is 29.9 Å². The van der Waals surface area contributed by atoms with E-state index in [4.69, 9.17) is 0 Å². The predicted molar refractivity (Wildman–Crippen MR) is 74.2 cm³/mol. The van der Waals surface area contributed by atoms with E-state index in [9.17, 15) is 0 Å². The number of hydrogen-bond donors (Lipinski definition) is 0. The molecule has 0 aliphatic carbocycles. The van der Waals surface area contributed by atoms with E-state index in [0.717, 1.165) is 18.0 Å². The molecule has 0 saturated carbocycles. The zero-order valence-electron chi connectivity index (χ0n) is 12.0. The largest absolute Gasteiger partial charge is 0.270 e. The van der Waals surface area contributed by atoms with Crippen molar-refractivity contribution >= 4 is 11.5 Å². The Kier molecular flexibility index (Phi) is 4.49. The van der Waals surface area contributed by atoms with Crippen molar-refractivity contribution in [2.45, 2.75) is 59.3 Å². The van der Waals surface area contributed by atoms with Crippen LogP contribution in [0, 0.1) is 0 Å². The van der Waals surface area contributed by atoms with Crippen molar-refractivity contribution in [3.05, 3.63) is 11.8 Å². The number of nitrogens with zero attached hydrogens (tertiary/aromatic N) is 3. The number of aryl methyl sites for hydroxylation is 1. The van der Waals surface area contributed by atoms with Crippen molar-refractivity contribution in [1.29, 1.82) is 0 Å². The quantitative estimate of drug-likeness (QED) is 0.709. The third-order valence-electron chi connectivity index (χ3n) is 3.41. The molecule has 0 aliphatic rings. The second kappa shape index (κ2) is 5.48. The van der Waals surface area contributed by atoms with Gasteiger partial charge in [-0.15, -0.1) is 0 Å². The summed E-state index contributed by atoms with van der Waals surface area (Å²) in [7, 11) is 2.02. The lowest BCUT2D eigenvalue weighted by atomic mass is 9.80. The number of aliphatic imine (C=N–C) groups is 1. The van der Waals surface area contributed by atoms with Gasteiger partial charge in [0.2, 0.25) is 0 Å². The molecular weight excluding hydrogens is 210 g/mol. The summed E-state index contributed by atoms with van der Waals surface area (Å²) in [6.45, 7) is 10.8. The maximum Gasteiger partial charge on any atom is 0.173 e. The normalized spacial score (nSPS) is 14.5. The highest BCUT2D eigenvalue weighted by molar-refractivity contribution is 5.81. The average Bonchev–Trinajstić information content (AvgIpc) is 2.59. The molecule has 1 aromatic heterocycles. The summed E-state index contributed by atoms with van der Waals surface area (Å²) in [5, 5.41) is 4.48. The summed E-state index contributed by atoms with van der Waals surface area (Å²) in [5.41, 5.74) is 2.55. The van der Waals surface area contributed by atoms with Gasteiger partial charge in [0.1, 0.15) is 0 Å². The SMILES string of the molecule is CCCC(C)(CC)c1cc(N=C(C)C)nn1C. The molecule has 1 rings (SSSR count). The summed E-state index contributed by atoms with van der Waals surface area (Å²) in [5.74, 6) is 0.832. The van der Waals surface area contributed by atoms with Gasteiger partial charge in [-0.05, 0) is 26.7 Å². The molecule has 0 saturated heterocycles. The predicted octanol–water partition coefficient (Wildman–Crippen LogP) is 4.00. The highest BCUT2D eigenvalue weighted by Crippen LogP contribution is 2.33. The average molecular weight is 235 g/mol. The lowest BCUT2D eigenvalue weighted by Gasteiger charge is -2.27. The van der Waals surface area contributed by atoms with E-state index in [-0.39, 0.29) is 5.41 Å². The van der Waals surface area contributed by atoms with Crippen LogP contribution in [0.4, 0.5) is 5.82 Å². The van der Waals surface area contributed by atoms with Gasteiger partial charge < -0.3 is 0 Å². The Bertz CT molecular complexity index is 400. The third kappa shape index (κ3) is 3.18. The van der Waals surface area contributed by atoms with Gasteiger partial charge in [-0.2, -0.15) is 5.10 Å². The minimum absolute atomic E-state index is 0.214. The van der Waals surface area contributed by atoms with Gasteiger partial charge in [0.25, 0.3) is 0 Å². The minimum atomic E-state index is 0.214. The smallest absolute Gasteiger partial charge is 0.173 e. The van der Waals surface area contributed by atoms with Crippen molar-refractivity contribution < 1.29 is 0 Å². The summed E-state index contributed by atoms with van der Waals surface area (Å²) < 4.78 is 1.99. The third-order valence-corrected chi connectivity index (χ3v) is 3.41. The lowest BCUT2D eigenvalue weighted by molar-refractivity contribution is 0.384. The number of aromatic nitrogens is 2. The van der Waals surface area contributed by atoms with Crippen LogP contribution < -0.4 is 0 Å². The van der Waals surface area contributed by atoms with Gasteiger partial charge in [-0.25, -0.2) is 4.99 Å². The molecular formula is C14H25N3. The Labute approximate surface area is 105 Å². The molecule has 0 aromatic carbocycles. The van der Waals surface area contributed by atoms with E-state index in [0.29, 0.717) is 0 Å². The van der Waals surface area contributed by atoms with E-state index in [1.165, 1.54) is 18.5 Å². The molecule has 3 nitrogen and oxygen atoms in total. The first-order chi connectivity index (χ1) is 7.92. The molecule has 3 heteroatoms. The molecule has 1 atom stereocenters. The van der Waals surface area contributed by atoms with Crippen LogP contribution in [0.3, 0.4) is 0 Å². The van der Waals surface area contributed by atoms with Crippen molar-refractivity contribution in [3.8, 4) is 0 Å². The second-order valence-corrected chi connectivity index (χ2v) is 5.23. The molecule has 1 aromatic rings. The van der Waals surface area contributed by atoms with Gasteiger partial charge in [-0.1, -0.05) is 27.2 Å². The van der Waals surface area contributed by atoms with E-state index in [1.807, 2.05) is 25.6 Å². The first kappa shape index (κ1) is 13.9. The Morgan fingerprint density at radius 2 is 2.06 bits per heavy atom. The molecule has 0 aliphatic heterocycles. The highest BCUT2D eigenvalue weighted by Gasteiger charge is 2.27. The molecule has 0 bridgehead atoms. The number of hydrogen-bond acceptors (Lipinski definition) is 2. The maximum absolute atomic E-state index is 4.48. The summed E-state index contributed by atoms with van der Waals surface area (Å²) in [4.78, 5) is 4.43. The first-order valence-corrected chi connectivity index (χ1v) is 6.49. The van der Waals surface area contributed by atoms with Crippen LogP contribution in [0.25, 0.3) is 0 Å². The minimum Gasteiger partial charge on any atom is -0.270 e. The van der Waals surface area contributed by atoms with Crippen molar-refractivity contribution in [3.63, 3.8) is 0 Å². The van der Waals surface area contributed by atoms with Crippen LogP contribution >= 0.6 is 0 Å². The molecule has 0 amide bonds. The molecule has 17 heavy (non-hydrogen) atoms. The Hall–Kier alpha value is -1.12. The number of rotatable bonds is 5. The van der Waals surface area contributed by atoms with Gasteiger partial charge >= 0.3 is 0 Å². The highest BCUT2D eigenvalue weighted by atomic mass is 15.3. The van der Waals surface area contributed by atoms with E-state index in [1.54, 1.807) is 0 Å². The summed E-state index contributed by atoms with van der Waals surface area (Å²) in [6, 6.07) is 2.13. The first-order valence-electron chi connectivity index (χ1n) is 6.49. The van der Waals surface area contributed by atoms with Gasteiger partial charge in [0.15, 0.2) is 5.82 Å². The summed E-state index contributed by atoms with van der Waals surface area (Å²) >= 11 is 0. The van der Waals surface area contributed by atoms with E-state index < -0.39 is 0 Å². The fourth-order valence-electron chi connectivity index (χ4n) is 2.34. The van der Waals surface area contributed by atoms with Crippen LogP contribution in [0.2, 0.25) is 0 Å². The molecule has 1 unspecified atom stereocenters. The maximum atomic E-state index is 4.48. The topological polar surface area (TPSA) is 30.2 Å². The van der Waals surface area contributed by atoms with E-state index >= 15 is 0 Å². The summed E-state index contributed by atoms with van der Waals surface area (Å²) in [6.07, 6.45) is 3.52. The molecule has 1 heterocycles. The van der Waals surface area contributed by atoms with E-state index in [2.05, 4.69) is 36.9 Å². The second-order valence-electron chi connectivity index (χ2n) is 5.23. The molecule has 0 N–H and O–H groups in total. The van der Waals surface area contributed by atoms with Crippen LogP contribution in [-0.4, -0.2) is 15.5 Å². The van der Waals surface area contributed by atoms with Crippen LogP contribution in [0.1, 0.15) is 59.6 Å². The molecule has 96 valence electrons. The van der Waals surface area contributed by atoms with Crippen LogP contribution in [0.5, 0.6) is 0 Å². The van der Waals surface area contributed by atoms with Gasteiger partial charge in [0.05, 0.1) is 0 Å². The Morgan fingerprint density at radius 3 is 2.53 bits per heavy atom. The van der Waals surface area contributed by atoms with Crippen molar-refractivity contribution in [2.24, 2.45) is 12.0 Å². The lowest BCUT2D eigenvalue weighted by Crippen LogP contribution is -2.24. The van der Waals surface area contributed by atoms with Crippen molar-refractivity contribution in [2.75, 3.05) is 0 Å². The van der Waals surface area contributed by atoms with Crippen LogP contribution in [-0.2, 0) is 12.5 Å². The molecule has 0 radical (unpaired) electrons. The molecule has 0 spiro atoms. The zero-order chi connectivity index (χ0) is 13.1. The zero-order valence-corrected chi connectivity index (χ0v) is 12.0. The standard InChI is InChI=1S/C14H25N3/c1-7-9-14(5,8-2)12-10-13(15-11(3)4)16-17(12)6/h10H,7-9H2,1-6H3. The Balaban J connectivity index is 3.13. The van der Waals surface area contributed by atoms with Gasteiger partial charge in [-0.3, -0.25) is 4.68 Å². The fourth-order valence-corrected chi connectivity index (χ4v) is 2.34. The van der Waals surface area contributed by atoms with Crippen molar-refractivity contribution in [1.82, 2.24) is 9.78 Å².